The molecule has 0 fully saturated rings. The Labute approximate surface area is 136 Å². The van der Waals surface area contributed by atoms with Crippen molar-refractivity contribution >= 4 is 33.5 Å². The van der Waals surface area contributed by atoms with E-state index in [1.165, 1.54) is 18.2 Å². The van der Waals surface area contributed by atoms with Gasteiger partial charge in [0.25, 0.3) is 0 Å². The van der Waals surface area contributed by atoms with Gasteiger partial charge in [-0.05, 0) is 18.2 Å². The molecule has 0 unspecified atom stereocenters. The molecule has 0 radical (unpaired) electrons. The summed E-state index contributed by atoms with van der Waals surface area (Å²) in [5.74, 6) is -0.675. The van der Waals surface area contributed by atoms with E-state index in [0.29, 0.717) is 0 Å². The van der Waals surface area contributed by atoms with Crippen LogP contribution in [0.1, 0.15) is 11.1 Å². The van der Waals surface area contributed by atoms with Crippen LogP contribution in [0.25, 0.3) is 0 Å². The van der Waals surface area contributed by atoms with Gasteiger partial charge >= 0.3 is 11.9 Å². The van der Waals surface area contributed by atoms with Gasteiger partial charge in [0.05, 0.1) is 16.2 Å². The van der Waals surface area contributed by atoms with Gasteiger partial charge < -0.3 is 5.11 Å². The van der Waals surface area contributed by atoms with Gasteiger partial charge in [-0.2, -0.15) is 13.2 Å². The Hall–Kier alpha value is -2.42. The van der Waals surface area contributed by atoms with Gasteiger partial charge in [0.1, 0.15) is 0 Å². The van der Waals surface area contributed by atoms with Crippen molar-refractivity contribution in [3.8, 4) is 5.75 Å². The van der Waals surface area contributed by atoms with Gasteiger partial charge in [-0.3, -0.25) is 15.1 Å². The molecule has 0 amide bonds. The zero-order chi connectivity index (χ0) is 17.2. The van der Waals surface area contributed by atoms with E-state index in [9.17, 15) is 28.4 Å². The summed E-state index contributed by atoms with van der Waals surface area (Å²) in [7, 11) is 0. The largest absolute Gasteiger partial charge is 0.502 e. The molecule has 0 aliphatic heterocycles. The summed E-state index contributed by atoms with van der Waals surface area (Å²) in [6.07, 6.45) is -3.64. The van der Waals surface area contributed by atoms with Crippen LogP contribution >= 0.6 is 15.9 Å². The standard InChI is InChI=1S/C14H8BrF3N2O3/c15-9-5-8(13(21)12(6-9)20(22)23)7-19-11-4-2-1-3-10(11)14(16,17)18/h1-7,21H. The SMILES string of the molecule is O=[N+]([O-])c1cc(Br)cc(C=Nc2ccccc2C(F)(F)F)c1O. The highest BCUT2D eigenvalue weighted by molar-refractivity contribution is 9.10. The minimum atomic E-state index is -4.58. The minimum absolute atomic E-state index is 0.0805. The summed E-state index contributed by atoms with van der Waals surface area (Å²) in [5, 5.41) is 20.6. The Morgan fingerprint density at radius 3 is 2.52 bits per heavy atom. The fourth-order valence-electron chi connectivity index (χ4n) is 1.81. The van der Waals surface area contributed by atoms with Gasteiger partial charge in [0, 0.05) is 22.3 Å². The maximum Gasteiger partial charge on any atom is 0.418 e. The molecule has 2 rings (SSSR count). The van der Waals surface area contributed by atoms with E-state index in [1.807, 2.05) is 0 Å². The molecule has 120 valence electrons. The van der Waals surface area contributed by atoms with Crippen LogP contribution in [-0.2, 0) is 6.18 Å². The highest BCUT2D eigenvalue weighted by Gasteiger charge is 2.33. The predicted octanol–water partition coefficient (Wildman–Crippen LogP) is 4.83. The van der Waals surface area contributed by atoms with Crippen molar-refractivity contribution in [1.82, 2.24) is 0 Å². The van der Waals surface area contributed by atoms with Crippen LogP contribution in [0.4, 0.5) is 24.5 Å². The van der Waals surface area contributed by atoms with Crippen LogP contribution in [0, 0.1) is 10.1 Å². The number of alkyl halides is 3. The number of hydrogen-bond acceptors (Lipinski definition) is 4. The number of para-hydroxylation sites is 1. The number of nitrogens with zero attached hydrogens (tertiary/aromatic N) is 2. The number of phenolic OH excluding ortho intramolecular Hbond substituents is 1. The molecular formula is C14H8BrF3N2O3. The maximum atomic E-state index is 12.9. The first-order chi connectivity index (χ1) is 10.7. The molecule has 5 nitrogen and oxygen atoms in total. The monoisotopic (exact) mass is 388 g/mol. The third kappa shape index (κ3) is 3.86. The molecular weight excluding hydrogens is 381 g/mol. The number of phenols is 1. The van der Waals surface area contributed by atoms with E-state index in [1.54, 1.807) is 0 Å². The summed E-state index contributed by atoms with van der Waals surface area (Å²) < 4.78 is 38.9. The van der Waals surface area contributed by atoms with Crippen LogP contribution in [0.15, 0.2) is 45.9 Å². The number of rotatable bonds is 3. The van der Waals surface area contributed by atoms with Crippen molar-refractivity contribution in [2.45, 2.75) is 6.18 Å². The zero-order valence-electron chi connectivity index (χ0n) is 11.2. The van der Waals surface area contributed by atoms with E-state index >= 15 is 0 Å². The number of aromatic hydroxyl groups is 1. The second-order valence-corrected chi connectivity index (χ2v) is 5.31. The second-order valence-electron chi connectivity index (χ2n) is 4.39. The number of hydrogen-bond donors (Lipinski definition) is 1. The Morgan fingerprint density at radius 1 is 1.26 bits per heavy atom. The lowest BCUT2D eigenvalue weighted by atomic mass is 10.1. The molecule has 2 aromatic rings. The van der Waals surface area contributed by atoms with Gasteiger partial charge in [0.15, 0.2) is 0 Å². The number of nitro benzene ring substituents is 1. The van der Waals surface area contributed by atoms with E-state index in [4.69, 9.17) is 0 Å². The first-order valence-corrected chi connectivity index (χ1v) is 6.86. The number of nitro groups is 1. The summed E-state index contributed by atoms with van der Waals surface area (Å²) >= 11 is 3.03. The average Bonchev–Trinajstić information content (AvgIpc) is 2.47. The molecule has 23 heavy (non-hydrogen) atoms. The fraction of sp³-hybridized carbons (Fsp3) is 0.0714. The molecule has 0 aromatic heterocycles. The summed E-state index contributed by atoms with van der Waals surface area (Å²) in [4.78, 5) is 13.7. The van der Waals surface area contributed by atoms with Crippen molar-refractivity contribution in [2.24, 2.45) is 4.99 Å². The molecule has 0 saturated carbocycles. The Balaban J connectivity index is 2.49. The Morgan fingerprint density at radius 2 is 1.91 bits per heavy atom. The lowest BCUT2D eigenvalue weighted by Gasteiger charge is -2.09. The van der Waals surface area contributed by atoms with Gasteiger partial charge in [0.2, 0.25) is 5.75 Å². The highest BCUT2D eigenvalue weighted by atomic mass is 79.9. The topological polar surface area (TPSA) is 75.7 Å². The van der Waals surface area contributed by atoms with Gasteiger partial charge in [-0.25, -0.2) is 0 Å². The average molecular weight is 389 g/mol. The van der Waals surface area contributed by atoms with Crippen molar-refractivity contribution in [3.63, 3.8) is 0 Å². The van der Waals surface area contributed by atoms with E-state index in [0.717, 1.165) is 24.4 Å². The Kier molecular flexibility index (Phi) is 4.69. The minimum Gasteiger partial charge on any atom is -0.502 e. The predicted molar refractivity (Wildman–Crippen MR) is 81.2 cm³/mol. The lowest BCUT2D eigenvalue weighted by molar-refractivity contribution is -0.385. The zero-order valence-corrected chi connectivity index (χ0v) is 12.8. The Bertz CT molecular complexity index is 791. The number of halogens is 4. The van der Waals surface area contributed by atoms with E-state index in [-0.39, 0.29) is 15.7 Å². The maximum absolute atomic E-state index is 12.9. The van der Waals surface area contributed by atoms with Crippen molar-refractivity contribution in [3.05, 3.63) is 62.1 Å². The van der Waals surface area contributed by atoms with E-state index in [2.05, 4.69) is 20.9 Å². The fourth-order valence-corrected chi connectivity index (χ4v) is 2.27. The molecule has 0 aliphatic carbocycles. The van der Waals surface area contributed by atoms with Crippen molar-refractivity contribution < 1.29 is 23.2 Å². The molecule has 1 N–H and O–H groups in total. The van der Waals surface area contributed by atoms with Crippen LogP contribution in [0.2, 0.25) is 0 Å². The second kappa shape index (κ2) is 6.37. The van der Waals surface area contributed by atoms with E-state index < -0.39 is 28.1 Å². The van der Waals surface area contributed by atoms with Crippen LogP contribution < -0.4 is 0 Å². The molecule has 2 aromatic carbocycles. The normalized spacial score (nSPS) is 11.8. The lowest BCUT2D eigenvalue weighted by Crippen LogP contribution is -2.04. The first kappa shape index (κ1) is 16.9. The molecule has 0 aliphatic rings. The van der Waals surface area contributed by atoms with Crippen LogP contribution in [0.5, 0.6) is 5.75 Å². The molecule has 0 saturated heterocycles. The molecule has 0 bridgehead atoms. The number of aliphatic imine (C=N–C) groups is 1. The highest BCUT2D eigenvalue weighted by Crippen LogP contribution is 2.37. The van der Waals surface area contributed by atoms with Gasteiger partial charge in [-0.15, -0.1) is 0 Å². The third-order valence-electron chi connectivity index (χ3n) is 2.83. The van der Waals surface area contributed by atoms with Crippen molar-refractivity contribution in [2.75, 3.05) is 0 Å². The summed E-state index contributed by atoms with van der Waals surface area (Å²) in [6.45, 7) is 0. The molecule has 0 heterocycles. The smallest absolute Gasteiger partial charge is 0.418 e. The number of benzene rings is 2. The molecule has 9 heteroatoms. The molecule has 0 atom stereocenters. The quantitative estimate of drug-likeness (QED) is 0.464. The van der Waals surface area contributed by atoms with Gasteiger partial charge in [-0.1, -0.05) is 28.1 Å². The van der Waals surface area contributed by atoms with Crippen LogP contribution in [0.3, 0.4) is 0 Å². The molecule has 0 spiro atoms. The van der Waals surface area contributed by atoms with Crippen molar-refractivity contribution in [1.29, 1.82) is 0 Å². The summed E-state index contributed by atoms with van der Waals surface area (Å²) in [6, 6.07) is 7.02. The first-order valence-electron chi connectivity index (χ1n) is 6.07. The third-order valence-corrected chi connectivity index (χ3v) is 3.29. The van der Waals surface area contributed by atoms with Crippen LogP contribution in [-0.4, -0.2) is 16.2 Å². The summed E-state index contributed by atoms with van der Waals surface area (Å²) in [5.41, 5.74) is -1.96.